The van der Waals surface area contributed by atoms with Crippen molar-refractivity contribution in [3.8, 4) is 0 Å². The number of thioether (sulfide) groups is 1. The standard InChI is InChI=1S/C22H20N4O3S2/c1-14-5-7-15(8-6-14)13-26-21(29)17(31-22(26)30)12-16-19(23-9-11-27)24-18-4-2-3-10-25(18)20(16)28/h2-8,10,12,23,27H,9,11,13H2,1H3/b17-12-. The number of aryl methyl sites for hydroxylation is 1. The van der Waals surface area contributed by atoms with Crippen molar-refractivity contribution in [2.45, 2.75) is 13.5 Å². The average molecular weight is 453 g/mol. The van der Waals surface area contributed by atoms with Crippen LogP contribution in [0.2, 0.25) is 0 Å². The number of carbonyl (C=O) groups is 1. The molecule has 1 amide bonds. The monoisotopic (exact) mass is 452 g/mol. The maximum atomic E-state index is 13.1. The van der Waals surface area contributed by atoms with Crippen LogP contribution in [0.25, 0.3) is 11.7 Å². The van der Waals surface area contributed by atoms with Gasteiger partial charge in [-0.1, -0.05) is 59.9 Å². The van der Waals surface area contributed by atoms with Crippen molar-refractivity contribution in [1.82, 2.24) is 14.3 Å². The van der Waals surface area contributed by atoms with Crippen molar-refractivity contribution < 1.29 is 9.90 Å². The highest BCUT2D eigenvalue weighted by atomic mass is 32.2. The number of carbonyl (C=O) groups excluding carboxylic acids is 1. The number of nitrogens with zero attached hydrogens (tertiary/aromatic N) is 3. The molecule has 31 heavy (non-hydrogen) atoms. The van der Waals surface area contributed by atoms with Gasteiger partial charge in [-0.25, -0.2) is 4.98 Å². The summed E-state index contributed by atoms with van der Waals surface area (Å²) in [7, 11) is 0. The number of nitrogens with one attached hydrogen (secondary N) is 1. The molecule has 0 spiro atoms. The fourth-order valence-corrected chi connectivity index (χ4v) is 4.42. The number of fused-ring (bicyclic) bond motifs is 1. The van der Waals surface area contributed by atoms with Crippen LogP contribution in [0, 0.1) is 6.92 Å². The van der Waals surface area contributed by atoms with E-state index in [-0.39, 0.29) is 30.2 Å². The summed E-state index contributed by atoms with van der Waals surface area (Å²) in [4.78, 5) is 32.5. The number of hydrogen-bond donors (Lipinski definition) is 2. The first-order valence-electron chi connectivity index (χ1n) is 9.65. The molecule has 158 valence electrons. The Hall–Kier alpha value is -3.01. The number of thiocarbonyl (C=S) groups is 1. The topological polar surface area (TPSA) is 86.9 Å². The Labute approximate surface area is 188 Å². The summed E-state index contributed by atoms with van der Waals surface area (Å²) in [6, 6.07) is 13.2. The van der Waals surface area contributed by atoms with E-state index in [1.807, 2.05) is 31.2 Å². The van der Waals surface area contributed by atoms with E-state index in [4.69, 9.17) is 12.2 Å². The van der Waals surface area contributed by atoms with E-state index >= 15 is 0 Å². The summed E-state index contributed by atoms with van der Waals surface area (Å²) in [6.07, 6.45) is 3.16. The predicted molar refractivity (Wildman–Crippen MR) is 127 cm³/mol. The SMILES string of the molecule is Cc1ccc(CN2C(=O)/C(=C/c3c(NCCO)nc4ccccn4c3=O)SC2=S)cc1. The van der Waals surface area contributed by atoms with Gasteiger partial charge in [-0.3, -0.25) is 18.9 Å². The first kappa shape index (κ1) is 21.2. The van der Waals surface area contributed by atoms with Gasteiger partial charge in [0.1, 0.15) is 15.8 Å². The molecule has 1 aliphatic heterocycles. The minimum absolute atomic E-state index is 0.117. The molecule has 0 bridgehead atoms. The molecule has 1 aromatic carbocycles. The first-order chi connectivity index (χ1) is 15.0. The number of rotatable bonds is 6. The molecule has 7 nitrogen and oxygen atoms in total. The van der Waals surface area contributed by atoms with Gasteiger partial charge in [0.25, 0.3) is 11.5 Å². The van der Waals surface area contributed by atoms with Gasteiger partial charge in [0, 0.05) is 12.7 Å². The van der Waals surface area contributed by atoms with Crippen molar-refractivity contribution in [2.24, 2.45) is 0 Å². The summed E-state index contributed by atoms with van der Waals surface area (Å²) in [6.45, 7) is 2.48. The molecule has 0 unspecified atom stereocenters. The van der Waals surface area contributed by atoms with Gasteiger partial charge < -0.3 is 10.4 Å². The zero-order valence-corrected chi connectivity index (χ0v) is 18.4. The molecule has 0 atom stereocenters. The summed E-state index contributed by atoms with van der Waals surface area (Å²) >= 11 is 6.59. The maximum absolute atomic E-state index is 13.1. The molecule has 9 heteroatoms. The molecule has 1 fully saturated rings. The second-order valence-corrected chi connectivity index (χ2v) is 8.69. The van der Waals surface area contributed by atoms with Crippen LogP contribution in [0.3, 0.4) is 0 Å². The zero-order chi connectivity index (χ0) is 22.0. The van der Waals surface area contributed by atoms with Crippen molar-refractivity contribution in [3.05, 3.63) is 80.6 Å². The number of amides is 1. The molecule has 3 heterocycles. The van der Waals surface area contributed by atoms with E-state index in [0.717, 1.165) is 22.9 Å². The van der Waals surface area contributed by atoms with Gasteiger partial charge in [-0.2, -0.15) is 0 Å². The van der Waals surface area contributed by atoms with Crippen LogP contribution in [0.1, 0.15) is 16.7 Å². The molecule has 1 saturated heterocycles. The van der Waals surface area contributed by atoms with Gasteiger partial charge >= 0.3 is 0 Å². The van der Waals surface area contributed by atoms with Gasteiger partial charge in [0.2, 0.25) is 0 Å². The lowest BCUT2D eigenvalue weighted by molar-refractivity contribution is -0.122. The summed E-state index contributed by atoms with van der Waals surface area (Å²) < 4.78 is 1.86. The minimum atomic E-state index is -0.310. The molecule has 4 rings (SSSR count). The summed E-state index contributed by atoms with van der Waals surface area (Å²) in [5, 5.41) is 12.1. The van der Waals surface area contributed by atoms with Crippen LogP contribution < -0.4 is 10.9 Å². The fourth-order valence-electron chi connectivity index (χ4n) is 3.19. The van der Waals surface area contributed by atoms with Gasteiger partial charge in [-0.05, 0) is 30.7 Å². The Kier molecular flexibility index (Phi) is 6.17. The van der Waals surface area contributed by atoms with Crippen LogP contribution in [-0.4, -0.2) is 42.8 Å². The molecular formula is C22H20N4O3S2. The number of benzene rings is 1. The lowest BCUT2D eigenvalue weighted by atomic mass is 10.1. The van der Waals surface area contributed by atoms with E-state index in [0.29, 0.717) is 27.2 Å². The van der Waals surface area contributed by atoms with Crippen molar-refractivity contribution in [1.29, 1.82) is 0 Å². The van der Waals surface area contributed by atoms with E-state index in [1.165, 1.54) is 15.4 Å². The largest absolute Gasteiger partial charge is 0.395 e. The lowest BCUT2D eigenvalue weighted by Gasteiger charge is -2.14. The Bertz CT molecular complexity index is 1250. The Morgan fingerprint density at radius 2 is 1.97 bits per heavy atom. The molecule has 1 aliphatic rings. The Morgan fingerprint density at radius 1 is 1.19 bits per heavy atom. The maximum Gasteiger partial charge on any atom is 0.267 e. The Balaban J connectivity index is 1.71. The molecule has 2 aromatic heterocycles. The molecular weight excluding hydrogens is 432 g/mol. The minimum Gasteiger partial charge on any atom is -0.395 e. The third-order valence-electron chi connectivity index (χ3n) is 4.78. The highest BCUT2D eigenvalue weighted by Crippen LogP contribution is 2.34. The van der Waals surface area contributed by atoms with E-state index in [9.17, 15) is 14.7 Å². The summed E-state index contributed by atoms with van der Waals surface area (Å²) in [5.74, 6) is 0.0651. The van der Waals surface area contributed by atoms with Crippen LogP contribution in [-0.2, 0) is 11.3 Å². The van der Waals surface area contributed by atoms with Gasteiger partial charge in [0.05, 0.1) is 23.6 Å². The summed E-state index contributed by atoms with van der Waals surface area (Å²) in [5.41, 5.74) is 2.52. The number of aliphatic hydroxyl groups excluding tert-OH is 1. The van der Waals surface area contributed by atoms with E-state index in [2.05, 4.69) is 10.3 Å². The third-order valence-corrected chi connectivity index (χ3v) is 6.16. The first-order valence-corrected chi connectivity index (χ1v) is 10.9. The van der Waals surface area contributed by atoms with Crippen molar-refractivity contribution >= 4 is 51.7 Å². The number of pyridine rings is 1. The second kappa shape index (κ2) is 9.01. The highest BCUT2D eigenvalue weighted by Gasteiger charge is 2.32. The number of anilines is 1. The van der Waals surface area contributed by atoms with Crippen LogP contribution in [0.4, 0.5) is 5.82 Å². The molecule has 0 saturated carbocycles. The predicted octanol–water partition coefficient (Wildman–Crippen LogP) is 2.81. The second-order valence-electron chi connectivity index (χ2n) is 7.01. The van der Waals surface area contributed by atoms with E-state index < -0.39 is 0 Å². The average Bonchev–Trinajstić information content (AvgIpc) is 3.03. The number of aromatic nitrogens is 2. The molecule has 2 N–H and O–H groups in total. The van der Waals surface area contributed by atoms with E-state index in [1.54, 1.807) is 24.4 Å². The normalized spacial score (nSPS) is 15.3. The third kappa shape index (κ3) is 4.39. The quantitative estimate of drug-likeness (QED) is 0.439. The molecule has 0 aliphatic carbocycles. The molecule has 3 aromatic rings. The van der Waals surface area contributed by atoms with Gasteiger partial charge in [-0.15, -0.1) is 0 Å². The van der Waals surface area contributed by atoms with Crippen molar-refractivity contribution in [3.63, 3.8) is 0 Å². The van der Waals surface area contributed by atoms with Gasteiger partial charge in [0.15, 0.2) is 0 Å². The zero-order valence-electron chi connectivity index (χ0n) is 16.7. The van der Waals surface area contributed by atoms with Crippen LogP contribution >= 0.6 is 24.0 Å². The number of aliphatic hydroxyl groups is 1. The Morgan fingerprint density at radius 3 is 2.71 bits per heavy atom. The number of hydrogen-bond acceptors (Lipinski definition) is 7. The highest BCUT2D eigenvalue weighted by molar-refractivity contribution is 8.26. The van der Waals surface area contributed by atoms with Crippen molar-refractivity contribution in [2.75, 3.05) is 18.5 Å². The lowest BCUT2D eigenvalue weighted by Crippen LogP contribution is -2.27. The fraction of sp³-hybridized carbons (Fsp3) is 0.182. The van der Waals surface area contributed by atoms with Crippen LogP contribution in [0.15, 0.2) is 58.4 Å². The van der Waals surface area contributed by atoms with Crippen LogP contribution in [0.5, 0.6) is 0 Å². The molecule has 0 radical (unpaired) electrons. The smallest absolute Gasteiger partial charge is 0.267 e.